The van der Waals surface area contributed by atoms with Gasteiger partial charge in [0.15, 0.2) is 23.1 Å². The number of hydrogen-bond acceptors (Lipinski definition) is 8. The maximum absolute atomic E-state index is 12.6. The van der Waals surface area contributed by atoms with Gasteiger partial charge < -0.3 is 23.7 Å². The van der Waals surface area contributed by atoms with Crippen LogP contribution in [0.5, 0.6) is 29.0 Å². The van der Waals surface area contributed by atoms with Gasteiger partial charge in [0.2, 0.25) is 17.5 Å². The molecule has 0 unspecified atom stereocenters. The molecule has 150 valence electrons. The van der Waals surface area contributed by atoms with Crippen LogP contribution in [0.25, 0.3) is 0 Å². The average Bonchev–Trinajstić information content (AvgIpc) is 2.75. The van der Waals surface area contributed by atoms with Crippen molar-refractivity contribution in [2.24, 2.45) is 0 Å². The third-order valence-corrected chi connectivity index (χ3v) is 4.08. The second-order valence-corrected chi connectivity index (χ2v) is 5.70. The zero-order valence-electron chi connectivity index (χ0n) is 16.5. The van der Waals surface area contributed by atoms with E-state index in [4.69, 9.17) is 23.7 Å². The Morgan fingerprint density at radius 2 is 1.11 bits per heavy atom. The van der Waals surface area contributed by atoms with Crippen molar-refractivity contribution in [3.8, 4) is 29.0 Å². The number of rotatable bonds is 10. The van der Waals surface area contributed by atoms with E-state index in [2.05, 4.69) is 4.98 Å². The van der Waals surface area contributed by atoms with Crippen molar-refractivity contribution < 1.29 is 33.3 Å². The van der Waals surface area contributed by atoms with Gasteiger partial charge >= 0.3 is 0 Å². The highest BCUT2D eigenvalue weighted by molar-refractivity contribution is 6.02. The fourth-order valence-electron chi connectivity index (χ4n) is 2.61. The number of ether oxygens (including phenoxy) is 5. The van der Waals surface area contributed by atoms with Crippen LogP contribution in [0.15, 0.2) is 24.3 Å². The van der Waals surface area contributed by atoms with Gasteiger partial charge in [0, 0.05) is 36.1 Å². The number of ketones is 2. The first-order valence-electron chi connectivity index (χ1n) is 8.43. The second kappa shape index (κ2) is 9.59. The van der Waals surface area contributed by atoms with Gasteiger partial charge in [-0.2, -0.15) is 4.98 Å². The van der Waals surface area contributed by atoms with Gasteiger partial charge in [0.1, 0.15) is 0 Å². The Bertz CT molecular complexity index is 816. The molecule has 0 fully saturated rings. The lowest BCUT2D eigenvalue weighted by Gasteiger charge is -2.13. The van der Waals surface area contributed by atoms with E-state index in [1.807, 2.05) is 0 Å². The van der Waals surface area contributed by atoms with Crippen LogP contribution in [0.1, 0.15) is 33.6 Å². The maximum atomic E-state index is 12.6. The molecule has 2 aromatic rings. The van der Waals surface area contributed by atoms with Crippen LogP contribution in [-0.2, 0) is 0 Å². The summed E-state index contributed by atoms with van der Waals surface area (Å²) in [6.07, 6.45) is 0.0379. The monoisotopic (exact) mass is 389 g/mol. The predicted octanol–water partition coefficient (Wildman–Crippen LogP) is 2.97. The molecule has 0 atom stereocenters. The Morgan fingerprint density at radius 1 is 0.679 bits per heavy atom. The van der Waals surface area contributed by atoms with E-state index in [9.17, 15) is 9.59 Å². The number of nitrogens with zero attached hydrogens (tertiary/aromatic N) is 1. The number of hydrogen-bond donors (Lipinski definition) is 0. The minimum absolute atomic E-state index is 0.0183. The minimum atomic E-state index is -0.222. The highest BCUT2D eigenvalue weighted by atomic mass is 16.5. The molecular formula is C20H23NO7. The maximum Gasteiger partial charge on any atom is 0.216 e. The summed E-state index contributed by atoms with van der Waals surface area (Å²) < 4.78 is 25.9. The molecule has 1 aromatic carbocycles. The van der Waals surface area contributed by atoms with E-state index in [1.54, 1.807) is 12.1 Å². The topological polar surface area (TPSA) is 93.2 Å². The van der Waals surface area contributed by atoms with Crippen molar-refractivity contribution in [1.29, 1.82) is 0 Å². The van der Waals surface area contributed by atoms with Gasteiger partial charge in [0.25, 0.3) is 0 Å². The van der Waals surface area contributed by atoms with Crippen LogP contribution >= 0.6 is 0 Å². The number of carbonyl (C=O) groups excluding carboxylic acids is 2. The van der Waals surface area contributed by atoms with Crippen LogP contribution in [0.4, 0.5) is 0 Å². The van der Waals surface area contributed by atoms with E-state index < -0.39 is 0 Å². The lowest BCUT2D eigenvalue weighted by molar-refractivity contribution is 0.0916. The summed E-state index contributed by atoms with van der Waals surface area (Å²) in [5.41, 5.74) is 0.730. The smallest absolute Gasteiger partial charge is 0.216 e. The predicted molar refractivity (Wildman–Crippen MR) is 101 cm³/mol. The van der Waals surface area contributed by atoms with E-state index in [0.717, 1.165) is 0 Å². The van der Waals surface area contributed by atoms with Crippen molar-refractivity contribution in [2.75, 3.05) is 35.5 Å². The third-order valence-electron chi connectivity index (χ3n) is 4.08. The third kappa shape index (κ3) is 4.70. The summed E-state index contributed by atoms with van der Waals surface area (Å²) in [7, 11) is 7.32. The molecule has 1 heterocycles. The molecule has 0 spiro atoms. The first kappa shape index (κ1) is 21.0. The number of carbonyl (C=O) groups is 2. The fourth-order valence-corrected chi connectivity index (χ4v) is 2.61. The van der Waals surface area contributed by atoms with Crippen LogP contribution < -0.4 is 23.7 Å². The Kier molecular flexibility index (Phi) is 7.20. The normalized spacial score (nSPS) is 10.2. The van der Waals surface area contributed by atoms with Gasteiger partial charge in [-0.05, 0) is 12.1 Å². The van der Waals surface area contributed by atoms with Crippen LogP contribution in [0, 0.1) is 0 Å². The van der Waals surface area contributed by atoms with Crippen molar-refractivity contribution in [1.82, 2.24) is 4.98 Å². The molecule has 0 radical (unpaired) electrons. The van der Waals surface area contributed by atoms with Crippen LogP contribution in [0.3, 0.4) is 0 Å². The summed E-state index contributed by atoms with van der Waals surface area (Å²) in [5, 5.41) is 0. The standard InChI is InChI=1S/C20H23NO7/c1-24-16-8-12(9-17(25-2)20(16)28-5)14(22)6-7-15(23)13-10-18(26-3)21-19(11-13)27-4/h8-11H,6-7H2,1-5H3. The highest BCUT2D eigenvalue weighted by Crippen LogP contribution is 2.38. The molecule has 0 N–H and O–H groups in total. The SMILES string of the molecule is COc1cc(C(=O)CCC(=O)c2cc(OC)c(OC)c(OC)c2)cc(OC)n1. The van der Waals surface area contributed by atoms with Crippen LogP contribution in [-0.4, -0.2) is 52.1 Å². The van der Waals surface area contributed by atoms with Crippen LogP contribution in [0.2, 0.25) is 0 Å². The lowest BCUT2D eigenvalue weighted by Crippen LogP contribution is -2.07. The lowest BCUT2D eigenvalue weighted by atomic mass is 10.0. The molecule has 0 saturated carbocycles. The number of aromatic nitrogens is 1. The first-order valence-corrected chi connectivity index (χ1v) is 8.43. The second-order valence-electron chi connectivity index (χ2n) is 5.70. The number of pyridine rings is 1. The molecule has 0 saturated heterocycles. The van der Waals surface area contributed by atoms with Crippen molar-refractivity contribution in [2.45, 2.75) is 12.8 Å². The van der Waals surface area contributed by atoms with Gasteiger partial charge in [-0.15, -0.1) is 0 Å². The Hall–Kier alpha value is -3.29. The van der Waals surface area contributed by atoms with E-state index in [-0.39, 0.29) is 36.2 Å². The van der Waals surface area contributed by atoms with E-state index >= 15 is 0 Å². The van der Waals surface area contributed by atoms with E-state index in [1.165, 1.54) is 47.7 Å². The number of benzene rings is 1. The molecule has 28 heavy (non-hydrogen) atoms. The molecule has 0 aliphatic carbocycles. The molecule has 0 bridgehead atoms. The molecule has 8 heteroatoms. The van der Waals surface area contributed by atoms with Crippen molar-refractivity contribution in [3.63, 3.8) is 0 Å². The number of methoxy groups -OCH3 is 5. The summed E-state index contributed by atoms with van der Waals surface area (Å²) in [5.74, 6) is 1.23. The summed E-state index contributed by atoms with van der Waals surface area (Å²) in [6, 6.07) is 6.14. The largest absolute Gasteiger partial charge is 0.493 e. The zero-order valence-corrected chi connectivity index (χ0v) is 16.5. The molecule has 2 rings (SSSR count). The Balaban J connectivity index is 2.17. The van der Waals surface area contributed by atoms with Crippen molar-refractivity contribution in [3.05, 3.63) is 35.4 Å². The number of Topliss-reactive ketones (excluding diaryl/α,β-unsaturated/α-hetero) is 2. The summed E-state index contributed by atoms with van der Waals surface area (Å²) in [6.45, 7) is 0. The molecule has 0 aliphatic heterocycles. The Labute approximate surface area is 163 Å². The van der Waals surface area contributed by atoms with Gasteiger partial charge in [-0.1, -0.05) is 0 Å². The molecule has 8 nitrogen and oxygen atoms in total. The minimum Gasteiger partial charge on any atom is -0.493 e. The molecule has 0 aliphatic rings. The quantitative estimate of drug-likeness (QED) is 0.573. The molecular weight excluding hydrogens is 366 g/mol. The van der Waals surface area contributed by atoms with Gasteiger partial charge in [0.05, 0.1) is 35.5 Å². The summed E-state index contributed by atoms with van der Waals surface area (Å²) >= 11 is 0. The Morgan fingerprint density at radius 3 is 1.46 bits per heavy atom. The molecule has 1 aromatic heterocycles. The molecule has 0 amide bonds. The summed E-state index contributed by atoms with van der Waals surface area (Å²) in [4.78, 5) is 29.1. The van der Waals surface area contributed by atoms with Gasteiger partial charge in [-0.25, -0.2) is 0 Å². The average molecular weight is 389 g/mol. The fraction of sp³-hybridized carbons (Fsp3) is 0.350. The zero-order chi connectivity index (χ0) is 20.7. The van der Waals surface area contributed by atoms with Crippen molar-refractivity contribution >= 4 is 11.6 Å². The van der Waals surface area contributed by atoms with Gasteiger partial charge in [-0.3, -0.25) is 9.59 Å². The van der Waals surface area contributed by atoms with E-state index in [0.29, 0.717) is 28.4 Å². The first-order chi connectivity index (χ1) is 13.5. The highest BCUT2D eigenvalue weighted by Gasteiger charge is 2.18.